The first kappa shape index (κ1) is 16.0. The molecule has 0 unspecified atom stereocenters. The summed E-state index contributed by atoms with van der Waals surface area (Å²) >= 11 is 6.28. The monoisotopic (exact) mass is 278 g/mol. The van der Waals surface area contributed by atoms with Crippen LogP contribution in [0.1, 0.15) is 57.4 Å². The van der Waals surface area contributed by atoms with Gasteiger partial charge >= 0.3 is 0 Å². The maximum atomic E-state index is 11.1. The Morgan fingerprint density at radius 3 is 2.32 bits per heavy atom. The van der Waals surface area contributed by atoms with Crippen molar-refractivity contribution in [2.45, 2.75) is 51.9 Å². The zero-order valence-corrected chi connectivity index (χ0v) is 12.5. The number of hydrogen-bond acceptors (Lipinski definition) is 1. The van der Waals surface area contributed by atoms with Crippen molar-refractivity contribution in [1.82, 2.24) is 0 Å². The van der Waals surface area contributed by atoms with E-state index in [1.807, 2.05) is 30.3 Å². The third kappa shape index (κ3) is 6.07. The summed E-state index contributed by atoms with van der Waals surface area (Å²) in [5.41, 5.74) is 1.65. The number of halogens is 1. The van der Waals surface area contributed by atoms with Gasteiger partial charge in [0.25, 0.3) is 0 Å². The maximum Gasteiger partial charge on any atom is 0.147 e. The first-order valence-electron chi connectivity index (χ1n) is 7.18. The van der Waals surface area contributed by atoms with Crippen LogP contribution in [0.5, 0.6) is 0 Å². The summed E-state index contributed by atoms with van der Waals surface area (Å²) in [6.45, 7) is 2.22. The van der Waals surface area contributed by atoms with E-state index >= 15 is 0 Å². The first-order chi connectivity index (χ1) is 9.29. The number of rotatable bonds is 9. The molecule has 0 aromatic heterocycles. The Labute approximate surface area is 121 Å². The molecule has 1 aromatic rings. The Hall–Kier alpha value is -1.08. The van der Waals surface area contributed by atoms with E-state index < -0.39 is 0 Å². The molecule has 0 saturated carbocycles. The van der Waals surface area contributed by atoms with E-state index in [2.05, 4.69) is 6.92 Å². The van der Waals surface area contributed by atoms with E-state index in [0.29, 0.717) is 5.03 Å². The first-order valence-corrected chi connectivity index (χ1v) is 7.56. The number of hydrogen-bond donors (Lipinski definition) is 0. The van der Waals surface area contributed by atoms with Gasteiger partial charge in [0.2, 0.25) is 0 Å². The predicted molar refractivity (Wildman–Crippen MR) is 83.3 cm³/mol. The molecule has 0 atom stereocenters. The fraction of sp³-hybridized carbons (Fsp3) is 0.471. The van der Waals surface area contributed by atoms with Gasteiger partial charge in [-0.1, -0.05) is 81.0 Å². The van der Waals surface area contributed by atoms with Gasteiger partial charge in [0.15, 0.2) is 0 Å². The van der Waals surface area contributed by atoms with Gasteiger partial charge in [-0.05, 0) is 18.4 Å². The molecule has 19 heavy (non-hydrogen) atoms. The van der Waals surface area contributed by atoms with E-state index in [1.165, 1.54) is 32.1 Å². The lowest BCUT2D eigenvalue weighted by Crippen LogP contribution is -1.90. The molecule has 0 aliphatic carbocycles. The molecule has 104 valence electrons. The third-order valence-electron chi connectivity index (χ3n) is 3.25. The maximum absolute atomic E-state index is 11.1. The quantitative estimate of drug-likeness (QED) is 0.327. The minimum absolute atomic E-state index is 0.601. The molecule has 0 aliphatic rings. The van der Waals surface area contributed by atoms with Crippen LogP contribution in [-0.4, -0.2) is 6.29 Å². The zero-order valence-electron chi connectivity index (χ0n) is 11.7. The molecule has 0 heterocycles. The van der Waals surface area contributed by atoms with E-state index in [9.17, 15) is 4.79 Å². The Kier molecular flexibility index (Phi) is 8.24. The van der Waals surface area contributed by atoms with Crippen LogP contribution in [0.4, 0.5) is 0 Å². The summed E-state index contributed by atoms with van der Waals surface area (Å²) in [6.07, 6.45) is 9.02. The smallest absolute Gasteiger partial charge is 0.147 e. The minimum Gasteiger partial charge on any atom is -0.298 e. The molecule has 0 bridgehead atoms. The van der Waals surface area contributed by atoms with Gasteiger partial charge in [-0.2, -0.15) is 0 Å². The Balaban J connectivity index is 2.46. The van der Waals surface area contributed by atoms with Crippen molar-refractivity contribution < 1.29 is 4.79 Å². The number of unbranched alkanes of at least 4 members (excludes halogenated alkanes) is 5. The fourth-order valence-electron chi connectivity index (χ4n) is 2.09. The van der Waals surface area contributed by atoms with Crippen LogP contribution in [0.3, 0.4) is 0 Å². The average Bonchev–Trinajstić information content (AvgIpc) is 2.47. The molecule has 0 radical (unpaired) electrons. The summed E-state index contributed by atoms with van der Waals surface area (Å²) in [5, 5.41) is 0.601. The second-order valence-corrected chi connectivity index (χ2v) is 5.22. The van der Waals surface area contributed by atoms with Crippen LogP contribution >= 0.6 is 11.6 Å². The van der Waals surface area contributed by atoms with Crippen molar-refractivity contribution in [3.8, 4) is 0 Å². The van der Waals surface area contributed by atoms with E-state index in [0.717, 1.165) is 30.3 Å². The van der Waals surface area contributed by atoms with E-state index in [-0.39, 0.29) is 0 Å². The third-order valence-corrected chi connectivity index (χ3v) is 3.71. The summed E-state index contributed by atoms with van der Waals surface area (Å²) in [4.78, 5) is 11.1. The van der Waals surface area contributed by atoms with Gasteiger partial charge in [0.05, 0.1) is 5.03 Å². The number of benzene rings is 1. The van der Waals surface area contributed by atoms with Gasteiger partial charge < -0.3 is 0 Å². The standard InChI is InChI=1S/C17H23ClO/c1-2-3-4-5-6-8-13-16(14-19)17(18)15-11-9-7-10-12-15/h7,9-12,14H,2-6,8,13H2,1H3/b17-16-. The van der Waals surface area contributed by atoms with E-state index in [1.54, 1.807) is 0 Å². The molecular formula is C17H23ClO. The molecule has 0 N–H and O–H groups in total. The molecule has 0 amide bonds. The molecule has 1 nitrogen and oxygen atoms in total. The SMILES string of the molecule is CCCCCCCC/C(C=O)=C(/Cl)c1ccccc1. The fourth-order valence-corrected chi connectivity index (χ4v) is 2.35. The molecule has 0 spiro atoms. The van der Waals surface area contributed by atoms with Crippen LogP contribution in [0.25, 0.3) is 5.03 Å². The van der Waals surface area contributed by atoms with Crippen molar-refractivity contribution in [3.63, 3.8) is 0 Å². The van der Waals surface area contributed by atoms with Gasteiger partial charge in [-0.25, -0.2) is 0 Å². The normalized spacial score (nSPS) is 12.1. The highest BCUT2D eigenvalue weighted by Crippen LogP contribution is 2.25. The predicted octanol–water partition coefficient (Wildman–Crippen LogP) is 5.59. The second-order valence-electron chi connectivity index (χ2n) is 4.84. The lowest BCUT2D eigenvalue weighted by atomic mass is 10.0. The second kappa shape index (κ2) is 9.80. The van der Waals surface area contributed by atoms with Gasteiger partial charge in [0.1, 0.15) is 6.29 Å². The van der Waals surface area contributed by atoms with Crippen molar-refractivity contribution in [2.24, 2.45) is 0 Å². The average molecular weight is 279 g/mol. The zero-order chi connectivity index (χ0) is 13.9. The molecule has 1 aromatic carbocycles. The van der Waals surface area contributed by atoms with Crippen molar-refractivity contribution in [1.29, 1.82) is 0 Å². The number of carbonyl (C=O) groups excluding carboxylic acids is 1. The summed E-state index contributed by atoms with van der Waals surface area (Å²) in [6, 6.07) is 9.69. The molecule has 0 saturated heterocycles. The van der Waals surface area contributed by atoms with Crippen molar-refractivity contribution in [2.75, 3.05) is 0 Å². The summed E-state index contributed by atoms with van der Waals surface area (Å²) < 4.78 is 0. The van der Waals surface area contributed by atoms with Gasteiger partial charge in [-0.3, -0.25) is 4.79 Å². The van der Waals surface area contributed by atoms with Crippen LogP contribution in [0, 0.1) is 0 Å². The molecule has 2 heteroatoms. The van der Waals surface area contributed by atoms with Crippen LogP contribution < -0.4 is 0 Å². The number of aldehydes is 1. The van der Waals surface area contributed by atoms with Crippen LogP contribution in [0.15, 0.2) is 35.9 Å². The number of carbonyl (C=O) groups is 1. The van der Waals surface area contributed by atoms with Crippen molar-refractivity contribution >= 4 is 22.9 Å². The Morgan fingerprint density at radius 2 is 1.68 bits per heavy atom. The van der Waals surface area contributed by atoms with Crippen molar-refractivity contribution in [3.05, 3.63) is 41.5 Å². The van der Waals surface area contributed by atoms with Gasteiger partial charge in [-0.15, -0.1) is 0 Å². The molecule has 1 rings (SSSR count). The van der Waals surface area contributed by atoms with Gasteiger partial charge in [0, 0.05) is 5.57 Å². The Morgan fingerprint density at radius 1 is 1.05 bits per heavy atom. The molecular weight excluding hydrogens is 256 g/mol. The lowest BCUT2D eigenvalue weighted by molar-refractivity contribution is -0.105. The summed E-state index contributed by atoms with van der Waals surface area (Å²) in [7, 11) is 0. The van der Waals surface area contributed by atoms with E-state index in [4.69, 9.17) is 11.6 Å². The largest absolute Gasteiger partial charge is 0.298 e. The topological polar surface area (TPSA) is 17.1 Å². The minimum atomic E-state index is 0.601. The molecule has 0 fully saturated rings. The highest BCUT2D eigenvalue weighted by atomic mass is 35.5. The number of allylic oxidation sites excluding steroid dienone is 1. The highest BCUT2D eigenvalue weighted by molar-refractivity contribution is 6.50. The summed E-state index contributed by atoms with van der Waals surface area (Å²) in [5.74, 6) is 0. The Bertz CT molecular complexity index is 395. The van der Waals surface area contributed by atoms with Crippen LogP contribution in [-0.2, 0) is 4.79 Å². The molecule has 0 aliphatic heterocycles. The van der Waals surface area contributed by atoms with Crippen LogP contribution in [0.2, 0.25) is 0 Å². The highest BCUT2D eigenvalue weighted by Gasteiger charge is 2.06. The lowest BCUT2D eigenvalue weighted by Gasteiger charge is -2.05.